The van der Waals surface area contributed by atoms with Gasteiger partial charge < -0.3 is 4.74 Å². The minimum absolute atomic E-state index is 0.460. The van der Waals surface area contributed by atoms with Gasteiger partial charge in [-0.1, -0.05) is 55.0 Å². The number of hydrogen-bond acceptors (Lipinski definition) is 3. The first kappa shape index (κ1) is 17.7. The van der Waals surface area contributed by atoms with Crippen molar-refractivity contribution in [3.8, 4) is 5.75 Å². The van der Waals surface area contributed by atoms with Crippen LogP contribution in [0.3, 0.4) is 0 Å². The molecule has 1 aromatic heterocycles. The molecule has 0 spiro atoms. The summed E-state index contributed by atoms with van der Waals surface area (Å²) in [6, 6.07) is 23.5. The average molecular weight is 358 g/mol. The van der Waals surface area contributed by atoms with E-state index in [1.807, 2.05) is 42.7 Å². The van der Waals surface area contributed by atoms with Crippen molar-refractivity contribution in [2.75, 3.05) is 6.54 Å². The summed E-state index contributed by atoms with van der Waals surface area (Å²) in [6.07, 6.45) is 7.62. The van der Waals surface area contributed by atoms with Crippen LogP contribution in [0.2, 0.25) is 0 Å². The SMILES string of the molecule is c1ccc(COc2cccc(CN3CCCC[C@@H]3c3cccnc3)c2)cc1. The first-order chi connectivity index (χ1) is 13.4. The number of piperidine rings is 1. The summed E-state index contributed by atoms with van der Waals surface area (Å²) in [5.74, 6) is 0.936. The molecular weight excluding hydrogens is 332 g/mol. The van der Waals surface area contributed by atoms with E-state index < -0.39 is 0 Å². The Morgan fingerprint density at radius 1 is 0.926 bits per heavy atom. The zero-order valence-corrected chi connectivity index (χ0v) is 15.6. The zero-order chi connectivity index (χ0) is 18.3. The molecule has 27 heavy (non-hydrogen) atoms. The second-order valence-electron chi connectivity index (χ2n) is 7.19. The maximum atomic E-state index is 6.00. The van der Waals surface area contributed by atoms with E-state index in [1.54, 1.807) is 0 Å². The van der Waals surface area contributed by atoms with Gasteiger partial charge in [0.1, 0.15) is 12.4 Å². The number of pyridine rings is 1. The molecule has 4 rings (SSSR count). The van der Waals surface area contributed by atoms with Gasteiger partial charge in [-0.05, 0) is 54.3 Å². The average Bonchev–Trinajstić information content (AvgIpc) is 2.74. The normalized spacial score (nSPS) is 17.6. The van der Waals surface area contributed by atoms with Crippen LogP contribution in [0.25, 0.3) is 0 Å². The summed E-state index contributed by atoms with van der Waals surface area (Å²) in [6.45, 7) is 2.68. The van der Waals surface area contributed by atoms with Crippen LogP contribution in [0, 0.1) is 0 Å². The lowest BCUT2D eigenvalue weighted by molar-refractivity contribution is 0.140. The monoisotopic (exact) mass is 358 g/mol. The Morgan fingerprint density at radius 3 is 2.67 bits per heavy atom. The summed E-state index contributed by atoms with van der Waals surface area (Å²) >= 11 is 0. The number of hydrogen-bond donors (Lipinski definition) is 0. The highest BCUT2D eigenvalue weighted by molar-refractivity contribution is 5.29. The van der Waals surface area contributed by atoms with E-state index >= 15 is 0 Å². The molecule has 3 aromatic rings. The van der Waals surface area contributed by atoms with E-state index in [9.17, 15) is 0 Å². The molecule has 0 radical (unpaired) electrons. The van der Waals surface area contributed by atoms with Crippen molar-refractivity contribution in [3.63, 3.8) is 0 Å². The molecule has 3 heteroatoms. The van der Waals surface area contributed by atoms with Crippen LogP contribution >= 0.6 is 0 Å². The van der Waals surface area contributed by atoms with Crippen molar-refractivity contribution in [1.29, 1.82) is 0 Å². The Labute approximate surface area is 161 Å². The van der Waals surface area contributed by atoms with Crippen molar-refractivity contribution in [2.24, 2.45) is 0 Å². The third-order valence-corrected chi connectivity index (χ3v) is 5.22. The van der Waals surface area contributed by atoms with E-state index in [1.165, 1.54) is 36.0 Å². The Kier molecular flexibility index (Phi) is 5.80. The van der Waals surface area contributed by atoms with E-state index in [0.29, 0.717) is 12.6 Å². The molecule has 3 nitrogen and oxygen atoms in total. The number of benzene rings is 2. The van der Waals surface area contributed by atoms with Gasteiger partial charge in [-0.25, -0.2) is 0 Å². The second-order valence-corrected chi connectivity index (χ2v) is 7.19. The number of nitrogens with zero attached hydrogens (tertiary/aromatic N) is 2. The van der Waals surface area contributed by atoms with Crippen molar-refractivity contribution in [2.45, 2.75) is 38.5 Å². The molecular formula is C24H26N2O. The lowest BCUT2D eigenvalue weighted by Gasteiger charge is -2.36. The molecule has 1 saturated heterocycles. The predicted octanol–water partition coefficient (Wildman–Crippen LogP) is 5.39. The first-order valence-corrected chi connectivity index (χ1v) is 9.78. The molecule has 0 amide bonds. The fourth-order valence-electron chi connectivity index (χ4n) is 3.84. The topological polar surface area (TPSA) is 25.4 Å². The zero-order valence-electron chi connectivity index (χ0n) is 15.6. The summed E-state index contributed by atoms with van der Waals surface area (Å²) in [5, 5.41) is 0. The van der Waals surface area contributed by atoms with Crippen LogP contribution in [0.5, 0.6) is 5.75 Å². The van der Waals surface area contributed by atoms with Crippen LogP contribution in [-0.4, -0.2) is 16.4 Å². The fraction of sp³-hybridized carbons (Fsp3) is 0.292. The van der Waals surface area contributed by atoms with Gasteiger partial charge in [0.25, 0.3) is 0 Å². The molecule has 2 heterocycles. The van der Waals surface area contributed by atoms with Crippen molar-refractivity contribution in [1.82, 2.24) is 9.88 Å². The molecule has 1 fully saturated rings. The van der Waals surface area contributed by atoms with Crippen LogP contribution < -0.4 is 4.74 Å². The Hall–Kier alpha value is -2.65. The molecule has 1 atom stereocenters. The molecule has 0 aliphatic carbocycles. The molecule has 0 bridgehead atoms. The lowest BCUT2D eigenvalue weighted by Crippen LogP contribution is -2.32. The molecule has 138 valence electrons. The smallest absolute Gasteiger partial charge is 0.120 e. The minimum atomic E-state index is 0.460. The van der Waals surface area contributed by atoms with Crippen LogP contribution in [0.4, 0.5) is 0 Å². The quantitative estimate of drug-likeness (QED) is 0.591. The third-order valence-electron chi connectivity index (χ3n) is 5.22. The molecule has 2 aromatic carbocycles. The number of rotatable bonds is 6. The standard InChI is InChI=1S/C24H26N2O/c1-2-8-20(9-3-1)19-27-23-12-6-10-21(16-23)18-26-15-5-4-13-24(26)22-11-7-14-25-17-22/h1-3,6-12,14,16-17,24H,4-5,13,15,18-19H2/t24-/m1/s1. The van der Waals surface area contributed by atoms with Gasteiger partial charge in [0.15, 0.2) is 0 Å². The largest absolute Gasteiger partial charge is 0.489 e. The Bertz CT molecular complexity index is 835. The maximum Gasteiger partial charge on any atom is 0.120 e. The van der Waals surface area contributed by atoms with Crippen LogP contribution in [0.1, 0.15) is 42.0 Å². The highest BCUT2D eigenvalue weighted by atomic mass is 16.5. The number of ether oxygens (including phenoxy) is 1. The first-order valence-electron chi connectivity index (χ1n) is 9.78. The lowest BCUT2D eigenvalue weighted by atomic mass is 9.96. The summed E-state index contributed by atoms with van der Waals surface area (Å²) < 4.78 is 6.00. The summed E-state index contributed by atoms with van der Waals surface area (Å²) in [7, 11) is 0. The van der Waals surface area contributed by atoms with Gasteiger partial charge in [-0.3, -0.25) is 9.88 Å². The van der Waals surface area contributed by atoms with Crippen molar-refractivity contribution in [3.05, 3.63) is 95.8 Å². The van der Waals surface area contributed by atoms with E-state index in [4.69, 9.17) is 4.74 Å². The van der Waals surface area contributed by atoms with Crippen molar-refractivity contribution >= 4 is 0 Å². The van der Waals surface area contributed by atoms with Crippen LogP contribution in [0.15, 0.2) is 79.1 Å². The number of aromatic nitrogens is 1. The summed E-state index contributed by atoms with van der Waals surface area (Å²) in [5.41, 5.74) is 3.82. The molecule has 0 unspecified atom stereocenters. The Balaban J connectivity index is 1.43. The van der Waals surface area contributed by atoms with Gasteiger partial charge in [-0.2, -0.15) is 0 Å². The molecule has 1 aliphatic heterocycles. The third kappa shape index (κ3) is 4.75. The van der Waals surface area contributed by atoms with E-state index in [0.717, 1.165) is 18.8 Å². The Morgan fingerprint density at radius 2 is 1.81 bits per heavy atom. The van der Waals surface area contributed by atoms with Gasteiger partial charge >= 0.3 is 0 Å². The van der Waals surface area contributed by atoms with Gasteiger partial charge in [-0.15, -0.1) is 0 Å². The maximum absolute atomic E-state index is 6.00. The van der Waals surface area contributed by atoms with E-state index in [-0.39, 0.29) is 0 Å². The van der Waals surface area contributed by atoms with Gasteiger partial charge in [0, 0.05) is 25.0 Å². The predicted molar refractivity (Wildman–Crippen MR) is 108 cm³/mol. The van der Waals surface area contributed by atoms with Gasteiger partial charge in [0.05, 0.1) is 0 Å². The summed E-state index contributed by atoms with van der Waals surface area (Å²) in [4.78, 5) is 6.90. The van der Waals surface area contributed by atoms with Crippen molar-refractivity contribution < 1.29 is 4.74 Å². The molecule has 1 aliphatic rings. The highest BCUT2D eigenvalue weighted by Crippen LogP contribution is 2.32. The minimum Gasteiger partial charge on any atom is -0.489 e. The van der Waals surface area contributed by atoms with Gasteiger partial charge in [0.2, 0.25) is 0 Å². The van der Waals surface area contributed by atoms with E-state index in [2.05, 4.69) is 46.3 Å². The fourth-order valence-corrected chi connectivity index (χ4v) is 3.84. The highest BCUT2D eigenvalue weighted by Gasteiger charge is 2.24. The number of likely N-dealkylation sites (tertiary alicyclic amines) is 1. The second kappa shape index (κ2) is 8.83. The van der Waals surface area contributed by atoms with Crippen LogP contribution in [-0.2, 0) is 13.2 Å². The molecule has 0 saturated carbocycles. The molecule has 0 N–H and O–H groups in total.